The summed E-state index contributed by atoms with van der Waals surface area (Å²) in [7, 11) is 0. The molecule has 0 aliphatic heterocycles. The fraction of sp³-hybridized carbons (Fsp3) is 0.182. The molecule has 1 N–H and O–H groups in total. The molecular weight excluding hydrogens is 371 g/mol. The zero-order valence-corrected chi connectivity index (χ0v) is 15.6. The number of aryl methyl sites for hydroxylation is 1. The molecule has 2 aromatic heterocycles. The van der Waals surface area contributed by atoms with Gasteiger partial charge in [-0.3, -0.25) is 9.78 Å². The van der Waals surface area contributed by atoms with Crippen LogP contribution in [-0.4, -0.2) is 27.6 Å². The number of rotatable bonds is 7. The lowest BCUT2D eigenvalue weighted by atomic mass is 10.1. The summed E-state index contributed by atoms with van der Waals surface area (Å²) in [5.41, 5.74) is 2.72. The van der Waals surface area contributed by atoms with Gasteiger partial charge < -0.3 is 9.84 Å². The third kappa shape index (κ3) is 4.63. The Morgan fingerprint density at radius 3 is 2.72 bits per heavy atom. The van der Waals surface area contributed by atoms with E-state index >= 15 is 0 Å². The number of fused-ring (bicyclic) bond motifs is 1. The number of para-hydroxylation sites is 1. The van der Waals surface area contributed by atoms with Gasteiger partial charge in [0.15, 0.2) is 0 Å². The fourth-order valence-electron chi connectivity index (χ4n) is 3.09. The number of carbonyl (C=O) groups excluding carboxylic acids is 1. The Balaban J connectivity index is 1.27. The standard InChI is InChI=1S/C22H19FN4O2/c23-18-8-6-17(7-9-18)22-26-20(29-27-22)11-10-19(28)24-14-12-16-4-1-3-15-5-2-13-25-21(15)16/h1-9,13H,10-12,14H2,(H,24,28). The normalized spacial score (nSPS) is 10.9. The number of nitrogens with one attached hydrogen (secondary N) is 1. The second-order valence-electron chi connectivity index (χ2n) is 6.61. The Labute approximate surface area is 166 Å². The molecule has 0 saturated heterocycles. The second kappa shape index (κ2) is 8.60. The Kier molecular flexibility index (Phi) is 5.56. The van der Waals surface area contributed by atoms with Gasteiger partial charge in [0.2, 0.25) is 17.6 Å². The predicted octanol–water partition coefficient (Wildman–Crippen LogP) is 3.72. The van der Waals surface area contributed by atoms with E-state index in [0.29, 0.717) is 36.7 Å². The van der Waals surface area contributed by atoms with Gasteiger partial charge in [0.05, 0.1) is 5.52 Å². The summed E-state index contributed by atoms with van der Waals surface area (Å²) in [6.45, 7) is 0.527. The maximum atomic E-state index is 13.0. The van der Waals surface area contributed by atoms with Crippen molar-refractivity contribution >= 4 is 16.8 Å². The van der Waals surface area contributed by atoms with Gasteiger partial charge in [-0.1, -0.05) is 29.4 Å². The molecule has 2 aromatic carbocycles. The van der Waals surface area contributed by atoms with Crippen molar-refractivity contribution in [3.05, 3.63) is 78.1 Å². The lowest BCUT2D eigenvalue weighted by Crippen LogP contribution is -2.26. The molecule has 0 atom stereocenters. The third-order valence-electron chi connectivity index (χ3n) is 4.57. The number of aromatic nitrogens is 3. The molecule has 6 nitrogen and oxygen atoms in total. The summed E-state index contributed by atoms with van der Waals surface area (Å²) in [6.07, 6.45) is 3.07. The Hall–Kier alpha value is -3.61. The fourth-order valence-corrected chi connectivity index (χ4v) is 3.09. The van der Waals surface area contributed by atoms with Gasteiger partial charge in [0, 0.05) is 36.5 Å². The lowest BCUT2D eigenvalue weighted by Gasteiger charge is -2.07. The maximum Gasteiger partial charge on any atom is 0.227 e. The average Bonchev–Trinajstić information content (AvgIpc) is 3.22. The van der Waals surface area contributed by atoms with E-state index in [0.717, 1.165) is 16.5 Å². The number of hydrogen-bond donors (Lipinski definition) is 1. The van der Waals surface area contributed by atoms with Gasteiger partial charge in [-0.2, -0.15) is 4.98 Å². The van der Waals surface area contributed by atoms with Gasteiger partial charge >= 0.3 is 0 Å². The zero-order chi connectivity index (χ0) is 20.1. The number of amides is 1. The first-order valence-electron chi connectivity index (χ1n) is 9.37. The van der Waals surface area contributed by atoms with Crippen molar-refractivity contribution in [2.24, 2.45) is 0 Å². The van der Waals surface area contributed by atoms with Crippen LogP contribution in [0.3, 0.4) is 0 Å². The second-order valence-corrected chi connectivity index (χ2v) is 6.61. The van der Waals surface area contributed by atoms with Crippen LogP contribution in [0, 0.1) is 5.82 Å². The van der Waals surface area contributed by atoms with E-state index in [1.54, 1.807) is 18.3 Å². The van der Waals surface area contributed by atoms with Crippen molar-refractivity contribution in [1.82, 2.24) is 20.4 Å². The average molecular weight is 390 g/mol. The molecule has 0 spiro atoms. The minimum Gasteiger partial charge on any atom is -0.356 e. The number of carbonyl (C=O) groups is 1. The smallest absolute Gasteiger partial charge is 0.227 e. The van der Waals surface area contributed by atoms with E-state index in [1.807, 2.05) is 30.3 Å². The van der Waals surface area contributed by atoms with E-state index in [-0.39, 0.29) is 18.1 Å². The first kappa shape index (κ1) is 18.7. The highest BCUT2D eigenvalue weighted by Crippen LogP contribution is 2.17. The highest BCUT2D eigenvalue weighted by atomic mass is 19.1. The van der Waals surface area contributed by atoms with Crippen LogP contribution in [0.25, 0.3) is 22.3 Å². The van der Waals surface area contributed by atoms with Gasteiger partial charge in [-0.25, -0.2) is 4.39 Å². The number of benzene rings is 2. The van der Waals surface area contributed by atoms with Crippen molar-refractivity contribution in [1.29, 1.82) is 0 Å². The Morgan fingerprint density at radius 2 is 1.86 bits per heavy atom. The summed E-state index contributed by atoms with van der Waals surface area (Å²) < 4.78 is 18.2. The van der Waals surface area contributed by atoms with Crippen molar-refractivity contribution in [2.45, 2.75) is 19.3 Å². The molecular formula is C22H19FN4O2. The minimum absolute atomic E-state index is 0.0836. The van der Waals surface area contributed by atoms with Crippen LogP contribution >= 0.6 is 0 Å². The summed E-state index contributed by atoms with van der Waals surface area (Å²) in [4.78, 5) is 20.8. The van der Waals surface area contributed by atoms with Crippen LogP contribution in [-0.2, 0) is 17.6 Å². The lowest BCUT2D eigenvalue weighted by molar-refractivity contribution is -0.121. The summed E-state index contributed by atoms with van der Waals surface area (Å²) in [6, 6.07) is 15.8. The molecule has 0 radical (unpaired) electrons. The molecule has 146 valence electrons. The van der Waals surface area contributed by atoms with Gasteiger partial charge in [-0.15, -0.1) is 0 Å². The van der Waals surface area contributed by atoms with Crippen LogP contribution in [0.5, 0.6) is 0 Å². The molecule has 0 aliphatic carbocycles. The van der Waals surface area contributed by atoms with Crippen molar-refractivity contribution in [3.8, 4) is 11.4 Å². The molecule has 0 aliphatic rings. The molecule has 0 fully saturated rings. The molecule has 0 saturated carbocycles. The highest BCUT2D eigenvalue weighted by molar-refractivity contribution is 5.81. The summed E-state index contributed by atoms with van der Waals surface area (Å²) >= 11 is 0. The molecule has 29 heavy (non-hydrogen) atoms. The van der Waals surface area contributed by atoms with Crippen LogP contribution < -0.4 is 5.32 Å². The molecule has 0 unspecified atom stereocenters. The van der Waals surface area contributed by atoms with Gasteiger partial charge in [0.25, 0.3) is 0 Å². The Morgan fingerprint density at radius 1 is 1.03 bits per heavy atom. The number of hydrogen-bond acceptors (Lipinski definition) is 5. The maximum absolute atomic E-state index is 13.0. The number of nitrogens with zero attached hydrogens (tertiary/aromatic N) is 3. The first-order chi connectivity index (χ1) is 14.2. The topological polar surface area (TPSA) is 80.9 Å². The van der Waals surface area contributed by atoms with Crippen molar-refractivity contribution < 1.29 is 13.7 Å². The summed E-state index contributed by atoms with van der Waals surface area (Å²) in [5.74, 6) is 0.342. The van der Waals surface area contributed by atoms with Crippen LogP contribution in [0.4, 0.5) is 4.39 Å². The number of halogens is 1. The van der Waals surface area contributed by atoms with Crippen molar-refractivity contribution in [2.75, 3.05) is 6.54 Å². The predicted molar refractivity (Wildman–Crippen MR) is 106 cm³/mol. The monoisotopic (exact) mass is 390 g/mol. The first-order valence-corrected chi connectivity index (χ1v) is 9.37. The van der Waals surface area contributed by atoms with Crippen LogP contribution in [0.15, 0.2) is 65.3 Å². The Bertz CT molecular complexity index is 1120. The SMILES string of the molecule is O=C(CCc1nc(-c2ccc(F)cc2)no1)NCCc1cccc2cccnc12. The minimum atomic E-state index is -0.326. The molecule has 7 heteroatoms. The molecule has 1 amide bonds. The molecule has 4 rings (SSSR count). The zero-order valence-electron chi connectivity index (χ0n) is 15.6. The molecule has 2 heterocycles. The van der Waals surface area contributed by atoms with E-state index in [9.17, 15) is 9.18 Å². The summed E-state index contributed by atoms with van der Waals surface area (Å²) in [5, 5.41) is 7.88. The van der Waals surface area contributed by atoms with E-state index in [4.69, 9.17) is 4.52 Å². The van der Waals surface area contributed by atoms with E-state index in [2.05, 4.69) is 20.4 Å². The third-order valence-corrected chi connectivity index (χ3v) is 4.57. The molecule has 0 bridgehead atoms. The van der Waals surface area contributed by atoms with Gasteiger partial charge in [0.1, 0.15) is 5.82 Å². The highest BCUT2D eigenvalue weighted by Gasteiger charge is 2.11. The molecule has 4 aromatic rings. The van der Waals surface area contributed by atoms with Crippen LogP contribution in [0.1, 0.15) is 17.9 Å². The largest absolute Gasteiger partial charge is 0.356 e. The van der Waals surface area contributed by atoms with E-state index < -0.39 is 0 Å². The van der Waals surface area contributed by atoms with Crippen LogP contribution in [0.2, 0.25) is 0 Å². The van der Waals surface area contributed by atoms with E-state index in [1.165, 1.54) is 12.1 Å². The van der Waals surface area contributed by atoms with Gasteiger partial charge in [-0.05, 0) is 42.3 Å². The number of pyridine rings is 1. The van der Waals surface area contributed by atoms with Crippen molar-refractivity contribution in [3.63, 3.8) is 0 Å². The quantitative estimate of drug-likeness (QED) is 0.520.